The van der Waals surface area contributed by atoms with Crippen molar-refractivity contribution < 1.29 is 23.8 Å². The van der Waals surface area contributed by atoms with Gasteiger partial charge in [-0.2, -0.15) is 0 Å². The summed E-state index contributed by atoms with van der Waals surface area (Å²) in [7, 11) is 1.43. The second-order valence-corrected chi connectivity index (χ2v) is 8.44. The molecule has 5 rings (SSSR count). The van der Waals surface area contributed by atoms with E-state index in [0.717, 1.165) is 4.70 Å². The number of aromatic nitrogens is 1. The first-order valence-corrected chi connectivity index (χ1v) is 10.7. The van der Waals surface area contributed by atoms with Crippen LogP contribution in [0, 0.1) is 0 Å². The first-order valence-electron chi connectivity index (χ1n) is 9.53. The first kappa shape index (κ1) is 20.3. The number of methoxy groups -OCH3 is 1. The number of thiazole rings is 1. The Morgan fingerprint density at radius 3 is 2.72 bits per heavy atom. The number of hydrogen-bond donors (Lipinski definition) is 1. The molecule has 1 amide bonds. The van der Waals surface area contributed by atoms with Gasteiger partial charge >= 0.3 is 5.91 Å². The van der Waals surface area contributed by atoms with Crippen LogP contribution in [0.25, 0.3) is 16.0 Å². The van der Waals surface area contributed by atoms with E-state index in [9.17, 15) is 14.7 Å². The normalized spacial score (nSPS) is 17.9. The maximum atomic E-state index is 13.2. The SMILES string of the molecule is COc1ccc(Cl)cc1/C(O)=C1\C(=O)C(=O)N(c2nc3ccccc3s2)C1c1ccco1. The molecule has 3 heterocycles. The molecule has 1 fully saturated rings. The third-order valence-corrected chi connectivity index (χ3v) is 6.43. The molecular weight excluding hydrogens is 452 g/mol. The van der Waals surface area contributed by atoms with Gasteiger partial charge in [-0.1, -0.05) is 35.1 Å². The number of carbonyl (C=O) groups excluding carboxylic acids is 2. The van der Waals surface area contributed by atoms with E-state index in [1.807, 2.05) is 24.3 Å². The fourth-order valence-electron chi connectivity index (χ4n) is 3.72. The minimum atomic E-state index is -1.01. The Morgan fingerprint density at radius 2 is 2.00 bits per heavy atom. The van der Waals surface area contributed by atoms with Gasteiger partial charge in [-0.25, -0.2) is 4.98 Å². The molecule has 1 N–H and O–H groups in total. The predicted octanol–water partition coefficient (Wildman–Crippen LogP) is 5.18. The maximum Gasteiger partial charge on any atom is 0.302 e. The zero-order valence-corrected chi connectivity index (χ0v) is 18.2. The van der Waals surface area contributed by atoms with Gasteiger partial charge in [-0.3, -0.25) is 14.5 Å². The van der Waals surface area contributed by atoms with Crippen LogP contribution >= 0.6 is 22.9 Å². The number of para-hydroxylation sites is 1. The molecular formula is C23H15ClN2O5S. The highest BCUT2D eigenvalue weighted by molar-refractivity contribution is 7.22. The topological polar surface area (TPSA) is 92.9 Å². The van der Waals surface area contributed by atoms with Gasteiger partial charge in [-0.15, -0.1) is 0 Å². The van der Waals surface area contributed by atoms with E-state index < -0.39 is 23.5 Å². The number of ketones is 1. The van der Waals surface area contributed by atoms with Crippen molar-refractivity contribution in [3.05, 3.63) is 82.8 Å². The lowest BCUT2D eigenvalue weighted by atomic mass is 9.99. The van der Waals surface area contributed by atoms with Crippen molar-refractivity contribution in [2.75, 3.05) is 12.0 Å². The molecule has 0 bridgehead atoms. The predicted molar refractivity (Wildman–Crippen MR) is 121 cm³/mol. The summed E-state index contributed by atoms with van der Waals surface area (Å²) in [4.78, 5) is 32.1. The summed E-state index contributed by atoms with van der Waals surface area (Å²) in [5, 5.41) is 11.9. The van der Waals surface area contributed by atoms with Gasteiger partial charge in [0.1, 0.15) is 23.3 Å². The van der Waals surface area contributed by atoms with Gasteiger partial charge in [0.05, 0.1) is 34.7 Å². The largest absolute Gasteiger partial charge is 0.507 e. The van der Waals surface area contributed by atoms with Crippen LogP contribution in [0.15, 0.2) is 70.9 Å². The molecule has 0 radical (unpaired) electrons. The Kier molecular flexibility index (Phi) is 4.96. The quantitative estimate of drug-likeness (QED) is 0.253. The molecule has 1 atom stereocenters. The number of nitrogens with zero attached hydrogens (tertiary/aromatic N) is 2. The van der Waals surface area contributed by atoms with Gasteiger partial charge in [0.2, 0.25) is 0 Å². The molecule has 2 aromatic carbocycles. The van der Waals surface area contributed by atoms with Crippen molar-refractivity contribution in [1.82, 2.24) is 4.98 Å². The Labute approximate surface area is 191 Å². The van der Waals surface area contributed by atoms with E-state index in [1.54, 1.807) is 24.3 Å². The summed E-state index contributed by atoms with van der Waals surface area (Å²) in [5.41, 5.74) is 0.757. The number of benzene rings is 2. The van der Waals surface area contributed by atoms with Gasteiger partial charge in [0, 0.05) is 5.02 Å². The number of rotatable bonds is 4. The van der Waals surface area contributed by atoms with Gasteiger partial charge in [-0.05, 0) is 42.5 Å². The van der Waals surface area contributed by atoms with Crippen LogP contribution < -0.4 is 9.64 Å². The number of halogens is 1. The molecule has 0 aliphatic carbocycles. The van der Waals surface area contributed by atoms with Crippen LogP contribution in [-0.4, -0.2) is 28.9 Å². The third-order valence-electron chi connectivity index (χ3n) is 5.16. The van der Waals surface area contributed by atoms with E-state index in [2.05, 4.69) is 4.98 Å². The molecule has 0 saturated carbocycles. The minimum absolute atomic E-state index is 0.134. The van der Waals surface area contributed by atoms with Crippen LogP contribution in [0.2, 0.25) is 5.02 Å². The van der Waals surface area contributed by atoms with E-state index in [1.165, 1.54) is 35.7 Å². The lowest BCUT2D eigenvalue weighted by molar-refractivity contribution is -0.132. The highest BCUT2D eigenvalue weighted by atomic mass is 35.5. The number of carbonyl (C=O) groups is 2. The number of Topliss-reactive ketones (excluding diaryl/α,β-unsaturated/α-hetero) is 1. The van der Waals surface area contributed by atoms with E-state index >= 15 is 0 Å². The van der Waals surface area contributed by atoms with Gasteiger partial charge in [0.25, 0.3) is 5.78 Å². The van der Waals surface area contributed by atoms with Crippen molar-refractivity contribution in [2.45, 2.75) is 6.04 Å². The third kappa shape index (κ3) is 3.16. The fraction of sp³-hybridized carbons (Fsp3) is 0.0870. The highest BCUT2D eigenvalue weighted by Gasteiger charge is 2.49. The highest BCUT2D eigenvalue weighted by Crippen LogP contribution is 2.45. The summed E-state index contributed by atoms with van der Waals surface area (Å²) in [5.74, 6) is -1.46. The molecule has 1 aliphatic heterocycles. The zero-order chi connectivity index (χ0) is 22.4. The Hall–Kier alpha value is -3.62. The monoisotopic (exact) mass is 466 g/mol. The van der Waals surface area contributed by atoms with Crippen molar-refractivity contribution in [3.8, 4) is 5.75 Å². The van der Waals surface area contributed by atoms with Crippen molar-refractivity contribution in [1.29, 1.82) is 0 Å². The molecule has 1 unspecified atom stereocenters. The van der Waals surface area contributed by atoms with Crippen LogP contribution in [-0.2, 0) is 9.59 Å². The second-order valence-electron chi connectivity index (χ2n) is 6.99. The number of fused-ring (bicyclic) bond motifs is 1. The minimum Gasteiger partial charge on any atom is -0.507 e. The molecule has 32 heavy (non-hydrogen) atoms. The maximum absolute atomic E-state index is 13.2. The summed E-state index contributed by atoms with van der Waals surface area (Å²) in [6, 6.07) is 14.3. The van der Waals surface area contributed by atoms with Crippen LogP contribution in [0.1, 0.15) is 17.4 Å². The summed E-state index contributed by atoms with van der Waals surface area (Å²) >= 11 is 7.39. The Bertz CT molecular complexity index is 1360. The molecule has 2 aromatic heterocycles. The number of aliphatic hydroxyl groups is 1. The van der Waals surface area contributed by atoms with Gasteiger partial charge in [0.15, 0.2) is 5.13 Å². The first-order chi connectivity index (χ1) is 15.5. The Balaban J connectivity index is 1.74. The van der Waals surface area contributed by atoms with Crippen LogP contribution in [0.3, 0.4) is 0 Å². The van der Waals surface area contributed by atoms with Gasteiger partial charge < -0.3 is 14.3 Å². The number of anilines is 1. The fourth-order valence-corrected chi connectivity index (χ4v) is 4.88. The zero-order valence-electron chi connectivity index (χ0n) is 16.6. The molecule has 160 valence electrons. The summed E-state index contributed by atoms with van der Waals surface area (Å²) < 4.78 is 11.7. The average Bonchev–Trinajstić information content (AvgIpc) is 3.52. The van der Waals surface area contributed by atoms with Crippen molar-refractivity contribution >= 4 is 55.7 Å². The number of aliphatic hydroxyl groups excluding tert-OH is 1. The summed E-state index contributed by atoms with van der Waals surface area (Å²) in [6.07, 6.45) is 1.44. The lowest BCUT2D eigenvalue weighted by Gasteiger charge is -2.20. The number of amides is 1. The lowest BCUT2D eigenvalue weighted by Crippen LogP contribution is -2.29. The standard InChI is InChI=1S/C23H15ClN2O5S/c1-30-15-9-8-12(24)11-13(15)20(27)18-19(16-6-4-10-31-16)26(22(29)21(18)28)23-25-14-5-2-3-7-17(14)32-23/h2-11,19,27H,1H3/b20-18+. The molecule has 1 saturated heterocycles. The smallest absolute Gasteiger partial charge is 0.302 e. The number of ether oxygens (including phenoxy) is 1. The average molecular weight is 467 g/mol. The van der Waals surface area contributed by atoms with E-state index in [0.29, 0.717) is 27.2 Å². The number of furan rings is 1. The van der Waals surface area contributed by atoms with Crippen molar-refractivity contribution in [3.63, 3.8) is 0 Å². The second kappa shape index (κ2) is 7.81. The van der Waals surface area contributed by atoms with E-state index in [-0.39, 0.29) is 11.1 Å². The molecule has 1 aliphatic rings. The van der Waals surface area contributed by atoms with Crippen LogP contribution in [0.4, 0.5) is 5.13 Å². The molecule has 7 nitrogen and oxygen atoms in total. The van der Waals surface area contributed by atoms with Crippen molar-refractivity contribution in [2.24, 2.45) is 0 Å². The summed E-state index contributed by atoms with van der Waals surface area (Å²) in [6.45, 7) is 0. The molecule has 0 spiro atoms. The van der Waals surface area contributed by atoms with Crippen LogP contribution in [0.5, 0.6) is 5.75 Å². The van der Waals surface area contributed by atoms with E-state index in [4.69, 9.17) is 20.8 Å². The molecule has 4 aromatic rings. The Morgan fingerprint density at radius 1 is 1.19 bits per heavy atom. The molecule has 9 heteroatoms. The number of hydrogen-bond acceptors (Lipinski definition) is 7.